The second kappa shape index (κ2) is 5.25. The maximum atomic E-state index is 12.6. The molecule has 1 fully saturated rings. The van der Waals surface area contributed by atoms with Gasteiger partial charge < -0.3 is 5.73 Å². The lowest BCUT2D eigenvalue weighted by Crippen LogP contribution is -2.32. The molecule has 0 unspecified atom stereocenters. The lowest BCUT2D eigenvalue weighted by Gasteiger charge is -2.16. The van der Waals surface area contributed by atoms with E-state index in [1.54, 1.807) is 6.92 Å². The number of aromatic amines is 1. The zero-order chi connectivity index (χ0) is 15.0. The Balaban J connectivity index is 1.88. The SMILES string of the molecule is Cc1[nH]ncc1S(=O)(=O)N1C[C@@H](N)[C@H](c2ccccc2)C1. The number of hydrogen-bond donors (Lipinski definition) is 2. The molecule has 1 aromatic carbocycles. The Labute approximate surface area is 124 Å². The Kier molecular flexibility index (Phi) is 3.56. The molecule has 1 saturated heterocycles. The van der Waals surface area contributed by atoms with Crippen LogP contribution in [0.1, 0.15) is 17.2 Å². The summed E-state index contributed by atoms with van der Waals surface area (Å²) >= 11 is 0. The van der Waals surface area contributed by atoms with Gasteiger partial charge in [0, 0.05) is 25.0 Å². The van der Waals surface area contributed by atoms with Gasteiger partial charge in [-0.25, -0.2) is 8.42 Å². The highest BCUT2D eigenvalue weighted by molar-refractivity contribution is 7.89. The molecular formula is C14H18N4O2S. The van der Waals surface area contributed by atoms with Gasteiger partial charge in [0.25, 0.3) is 0 Å². The van der Waals surface area contributed by atoms with E-state index >= 15 is 0 Å². The van der Waals surface area contributed by atoms with E-state index in [0.717, 1.165) is 5.56 Å². The second-order valence-electron chi connectivity index (χ2n) is 5.36. The van der Waals surface area contributed by atoms with Crippen LogP contribution in [0.15, 0.2) is 41.4 Å². The maximum absolute atomic E-state index is 12.6. The average molecular weight is 306 g/mol. The van der Waals surface area contributed by atoms with Crippen molar-refractivity contribution in [2.75, 3.05) is 13.1 Å². The smallest absolute Gasteiger partial charge is 0.246 e. The molecule has 0 spiro atoms. The fourth-order valence-electron chi connectivity index (χ4n) is 2.78. The molecule has 1 aromatic heterocycles. The molecule has 3 rings (SSSR count). The fraction of sp³-hybridized carbons (Fsp3) is 0.357. The second-order valence-corrected chi connectivity index (χ2v) is 7.27. The lowest BCUT2D eigenvalue weighted by atomic mass is 9.95. The zero-order valence-corrected chi connectivity index (χ0v) is 12.5. The summed E-state index contributed by atoms with van der Waals surface area (Å²) in [6.07, 6.45) is 1.35. The van der Waals surface area contributed by atoms with Gasteiger partial charge in [0.15, 0.2) is 0 Å². The van der Waals surface area contributed by atoms with Gasteiger partial charge in [0.2, 0.25) is 10.0 Å². The van der Waals surface area contributed by atoms with Crippen molar-refractivity contribution in [2.45, 2.75) is 23.8 Å². The summed E-state index contributed by atoms with van der Waals surface area (Å²) in [4.78, 5) is 0.225. The summed E-state index contributed by atoms with van der Waals surface area (Å²) < 4.78 is 26.7. The van der Waals surface area contributed by atoms with Gasteiger partial charge in [-0.3, -0.25) is 5.10 Å². The van der Waals surface area contributed by atoms with E-state index in [1.807, 2.05) is 30.3 Å². The van der Waals surface area contributed by atoms with Gasteiger partial charge in [-0.05, 0) is 12.5 Å². The number of hydrogen-bond acceptors (Lipinski definition) is 4. The van der Waals surface area contributed by atoms with E-state index in [0.29, 0.717) is 18.8 Å². The van der Waals surface area contributed by atoms with Gasteiger partial charge in [-0.15, -0.1) is 0 Å². The first-order chi connectivity index (χ1) is 10.00. The minimum atomic E-state index is -3.54. The molecule has 2 heterocycles. The number of aryl methyl sites for hydroxylation is 1. The topological polar surface area (TPSA) is 92.1 Å². The minimum absolute atomic E-state index is 0.0215. The van der Waals surface area contributed by atoms with Crippen molar-refractivity contribution in [2.24, 2.45) is 5.73 Å². The monoisotopic (exact) mass is 306 g/mol. The van der Waals surface area contributed by atoms with E-state index in [9.17, 15) is 8.42 Å². The summed E-state index contributed by atoms with van der Waals surface area (Å²) in [6, 6.07) is 9.61. The van der Waals surface area contributed by atoms with E-state index in [2.05, 4.69) is 10.2 Å². The normalized spacial score (nSPS) is 23.5. The van der Waals surface area contributed by atoms with Crippen LogP contribution in [-0.2, 0) is 10.0 Å². The van der Waals surface area contributed by atoms with Crippen LogP contribution in [-0.4, -0.2) is 42.1 Å². The molecule has 1 aliphatic rings. The molecule has 0 aliphatic carbocycles. The summed E-state index contributed by atoms with van der Waals surface area (Å²) in [6.45, 7) is 2.43. The van der Waals surface area contributed by atoms with Crippen LogP contribution in [0.2, 0.25) is 0 Å². The lowest BCUT2D eigenvalue weighted by molar-refractivity contribution is 0.469. The molecule has 2 atom stereocenters. The third-order valence-corrected chi connectivity index (χ3v) is 5.91. The zero-order valence-electron chi connectivity index (χ0n) is 11.7. The minimum Gasteiger partial charge on any atom is -0.326 e. The molecule has 112 valence electrons. The largest absolute Gasteiger partial charge is 0.326 e. The number of rotatable bonds is 3. The van der Waals surface area contributed by atoms with Crippen LogP contribution < -0.4 is 5.73 Å². The van der Waals surface area contributed by atoms with Crippen molar-refractivity contribution >= 4 is 10.0 Å². The third-order valence-electron chi connectivity index (χ3n) is 3.96. The Bertz CT molecular complexity index is 726. The van der Waals surface area contributed by atoms with Gasteiger partial charge in [0.05, 0.1) is 11.9 Å². The highest BCUT2D eigenvalue weighted by Gasteiger charge is 2.39. The molecule has 6 nitrogen and oxygen atoms in total. The maximum Gasteiger partial charge on any atom is 0.246 e. The number of benzene rings is 1. The Morgan fingerprint density at radius 2 is 2.00 bits per heavy atom. The van der Waals surface area contributed by atoms with Gasteiger partial charge in [0.1, 0.15) is 4.90 Å². The predicted octanol–water partition coefficient (Wildman–Crippen LogP) is 0.834. The summed E-state index contributed by atoms with van der Waals surface area (Å²) in [5.74, 6) is 0.0215. The van der Waals surface area contributed by atoms with Crippen molar-refractivity contribution in [3.63, 3.8) is 0 Å². The van der Waals surface area contributed by atoms with Crippen LogP contribution in [0.3, 0.4) is 0 Å². The molecule has 0 amide bonds. The predicted molar refractivity (Wildman–Crippen MR) is 79.2 cm³/mol. The first-order valence-electron chi connectivity index (χ1n) is 6.81. The van der Waals surface area contributed by atoms with E-state index in [1.165, 1.54) is 10.5 Å². The summed E-state index contributed by atoms with van der Waals surface area (Å²) in [5.41, 5.74) is 7.78. The molecule has 21 heavy (non-hydrogen) atoms. The standard InChI is InChI=1S/C14H18N4O2S/c1-10-14(7-16-17-10)21(19,20)18-8-12(13(15)9-18)11-5-3-2-4-6-11/h2-7,12-13H,8-9,15H2,1H3,(H,16,17)/t12-,13+/m0/s1. The van der Waals surface area contributed by atoms with Crippen LogP contribution >= 0.6 is 0 Å². The molecule has 0 bridgehead atoms. The number of nitrogens with two attached hydrogens (primary N) is 1. The van der Waals surface area contributed by atoms with Crippen molar-refractivity contribution in [1.29, 1.82) is 0 Å². The Hall–Kier alpha value is -1.70. The molecule has 0 radical (unpaired) electrons. The number of aromatic nitrogens is 2. The summed E-state index contributed by atoms with van der Waals surface area (Å²) in [7, 11) is -3.54. The van der Waals surface area contributed by atoms with Gasteiger partial charge in [-0.2, -0.15) is 9.40 Å². The van der Waals surface area contributed by atoms with Crippen molar-refractivity contribution in [1.82, 2.24) is 14.5 Å². The van der Waals surface area contributed by atoms with Crippen LogP contribution in [0, 0.1) is 6.92 Å². The molecule has 3 N–H and O–H groups in total. The first-order valence-corrected chi connectivity index (χ1v) is 8.25. The quantitative estimate of drug-likeness (QED) is 0.878. The van der Waals surface area contributed by atoms with Crippen LogP contribution in [0.25, 0.3) is 0 Å². The highest BCUT2D eigenvalue weighted by atomic mass is 32.2. The Morgan fingerprint density at radius 1 is 1.29 bits per heavy atom. The van der Waals surface area contributed by atoms with Gasteiger partial charge in [-0.1, -0.05) is 30.3 Å². The number of sulfonamides is 1. The highest BCUT2D eigenvalue weighted by Crippen LogP contribution is 2.30. The molecular weight excluding hydrogens is 288 g/mol. The Morgan fingerprint density at radius 3 is 2.62 bits per heavy atom. The van der Waals surface area contributed by atoms with Crippen LogP contribution in [0.4, 0.5) is 0 Å². The summed E-state index contributed by atoms with van der Waals surface area (Å²) in [5, 5.41) is 6.46. The van der Waals surface area contributed by atoms with E-state index < -0.39 is 10.0 Å². The molecule has 0 saturated carbocycles. The number of nitrogens with zero attached hydrogens (tertiary/aromatic N) is 2. The van der Waals surface area contributed by atoms with Crippen molar-refractivity contribution in [3.8, 4) is 0 Å². The van der Waals surface area contributed by atoms with Crippen molar-refractivity contribution < 1.29 is 8.42 Å². The molecule has 2 aromatic rings. The fourth-order valence-corrected chi connectivity index (χ4v) is 4.40. The molecule has 7 heteroatoms. The van der Waals surface area contributed by atoms with E-state index in [-0.39, 0.29) is 16.9 Å². The third kappa shape index (κ3) is 2.48. The van der Waals surface area contributed by atoms with Gasteiger partial charge >= 0.3 is 0 Å². The number of nitrogens with one attached hydrogen (secondary N) is 1. The molecule has 1 aliphatic heterocycles. The van der Waals surface area contributed by atoms with Crippen molar-refractivity contribution in [3.05, 3.63) is 47.8 Å². The van der Waals surface area contributed by atoms with E-state index in [4.69, 9.17) is 5.73 Å². The van der Waals surface area contributed by atoms with Crippen LogP contribution in [0.5, 0.6) is 0 Å². The first kappa shape index (κ1) is 14.2. The average Bonchev–Trinajstić information content (AvgIpc) is 3.06. The number of H-pyrrole nitrogens is 1.